The number of rotatable bonds is 3. The standard InChI is InChI=1S/C16H15ClO2/c1-16(2,15(18)19)14-9-8-12(17)10-13(14)11-6-4-3-5-7-11/h3-10H,1-2H3,(H,18,19). The molecule has 2 aromatic carbocycles. The van der Waals surface area contributed by atoms with E-state index in [1.807, 2.05) is 36.4 Å². The van der Waals surface area contributed by atoms with Gasteiger partial charge in [-0.3, -0.25) is 4.79 Å². The third kappa shape index (κ3) is 2.64. The van der Waals surface area contributed by atoms with Crippen molar-refractivity contribution in [1.82, 2.24) is 0 Å². The molecule has 2 rings (SSSR count). The zero-order valence-electron chi connectivity index (χ0n) is 10.9. The Labute approximate surface area is 117 Å². The predicted octanol–water partition coefficient (Wildman–Crippen LogP) is 4.37. The molecule has 0 saturated carbocycles. The number of carboxylic acids is 1. The fourth-order valence-corrected chi connectivity index (χ4v) is 2.21. The Kier molecular flexibility index (Phi) is 3.63. The number of halogens is 1. The van der Waals surface area contributed by atoms with Gasteiger partial charge in [0.2, 0.25) is 0 Å². The molecule has 0 spiro atoms. The molecule has 0 fully saturated rings. The van der Waals surface area contributed by atoms with E-state index in [0.717, 1.165) is 16.7 Å². The lowest BCUT2D eigenvalue weighted by molar-refractivity contribution is -0.142. The van der Waals surface area contributed by atoms with Crippen LogP contribution in [0, 0.1) is 0 Å². The molecule has 0 radical (unpaired) electrons. The van der Waals surface area contributed by atoms with Crippen LogP contribution in [0.2, 0.25) is 5.02 Å². The summed E-state index contributed by atoms with van der Waals surface area (Å²) >= 11 is 6.05. The van der Waals surface area contributed by atoms with Crippen LogP contribution in [0.3, 0.4) is 0 Å². The monoisotopic (exact) mass is 274 g/mol. The minimum atomic E-state index is -0.963. The Morgan fingerprint density at radius 2 is 1.74 bits per heavy atom. The van der Waals surface area contributed by atoms with Gasteiger partial charge >= 0.3 is 5.97 Å². The van der Waals surface area contributed by atoms with Crippen molar-refractivity contribution >= 4 is 17.6 Å². The Morgan fingerprint density at radius 1 is 1.11 bits per heavy atom. The van der Waals surface area contributed by atoms with Crippen molar-refractivity contribution in [2.75, 3.05) is 0 Å². The second kappa shape index (κ2) is 5.06. The fraction of sp³-hybridized carbons (Fsp3) is 0.188. The summed E-state index contributed by atoms with van der Waals surface area (Å²) in [6.07, 6.45) is 0. The largest absolute Gasteiger partial charge is 0.481 e. The maximum absolute atomic E-state index is 11.5. The summed E-state index contributed by atoms with van der Waals surface area (Å²) in [6.45, 7) is 3.40. The molecule has 0 amide bonds. The minimum Gasteiger partial charge on any atom is -0.481 e. The molecule has 0 saturated heterocycles. The first-order valence-electron chi connectivity index (χ1n) is 6.02. The molecule has 0 unspecified atom stereocenters. The van der Waals surface area contributed by atoms with Gasteiger partial charge in [0.05, 0.1) is 5.41 Å². The highest BCUT2D eigenvalue weighted by Gasteiger charge is 2.31. The second-order valence-corrected chi connectivity index (χ2v) is 5.42. The van der Waals surface area contributed by atoms with Crippen LogP contribution in [-0.2, 0) is 10.2 Å². The van der Waals surface area contributed by atoms with Gasteiger partial charge in [0.1, 0.15) is 0 Å². The summed E-state index contributed by atoms with van der Waals surface area (Å²) in [4.78, 5) is 11.5. The van der Waals surface area contributed by atoms with E-state index in [9.17, 15) is 9.90 Å². The highest BCUT2D eigenvalue weighted by atomic mass is 35.5. The molecule has 0 aliphatic heterocycles. The van der Waals surface area contributed by atoms with Gasteiger partial charge in [-0.05, 0) is 42.7 Å². The van der Waals surface area contributed by atoms with Crippen molar-refractivity contribution in [3.63, 3.8) is 0 Å². The zero-order valence-corrected chi connectivity index (χ0v) is 11.6. The van der Waals surface area contributed by atoms with E-state index < -0.39 is 11.4 Å². The molecule has 0 atom stereocenters. The van der Waals surface area contributed by atoms with Crippen molar-refractivity contribution in [1.29, 1.82) is 0 Å². The van der Waals surface area contributed by atoms with Crippen LogP contribution < -0.4 is 0 Å². The lowest BCUT2D eigenvalue weighted by Crippen LogP contribution is -2.29. The van der Waals surface area contributed by atoms with Crippen LogP contribution in [0.1, 0.15) is 19.4 Å². The van der Waals surface area contributed by atoms with Gasteiger partial charge in [-0.1, -0.05) is 48.0 Å². The van der Waals surface area contributed by atoms with Crippen molar-refractivity contribution in [3.05, 3.63) is 59.1 Å². The Morgan fingerprint density at radius 3 is 2.32 bits per heavy atom. The minimum absolute atomic E-state index is 0.601. The highest BCUT2D eigenvalue weighted by Crippen LogP contribution is 2.35. The molecule has 98 valence electrons. The summed E-state index contributed by atoms with van der Waals surface area (Å²) in [6, 6.07) is 15.0. The van der Waals surface area contributed by atoms with Crippen molar-refractivity contribution in [2.45, 2.75) is 19.3 Å². The van der Waals surface area contributed by atoms with Gasteiger partial charge in [0, 0.05) is 5.02 Å². The summed E-state index contributed by atoms with van der Waals surface area (Å²) in [7, 11) is 0. The molecule has 2 nitrogen and oxygen atoms in total. The van der Waals surface area contributed by atoms with Gasteiger partial charge < -0.3 is 5.11 Å². The summed E-state index contributed by atoms with van der Waals surface area (Å²) in [5.41, 5.74) is 1.63. The molecular formula is C16H15ClO2. The molecule has 0 aromatic heterocycles. The summed E-state index contributed by atoms with van der Waals surface area (Å²) in [5.74, 6) is -0.855. The van der Waals surface area contributed by atoms with Gasteiger partial charge in [-0.25, -0.2) is 0 Å². The smallest absolute Gasteiger partial charge is 0.313 e. The number of benzene rings is 2. The van der Waals surface area contributed by atoms with Crippen molar-refractivity contribution in [2.24, 2.45) is 0 Å². The first kappa shape index (κ1) is 13.6. The number of carboxylic acid groups (broad SMARTS) is 1. The summed E-state index contributed by atoms with van der Waals surface area (Å²) in [5, 5.41) is 10.0. The molecule has 1 N–H and O–H groups in total. The second-order valence-electron chi connectivity index (χ2n) is 4.99. The van der Waals surface area contributed by atoms with Gasteiger partial charge in [0.25, 0.3) is 0 Å². The topological polar surface area (TPSA) is 37.3 Å². The van der Waals surface area contributed by atoms with Crippen LogP contribution in [-0.4, -0.2) is 11.1 Å². The summed E-state index contributed by atoms with van der Waals surface area (Å²) < 4.78 is 0. The molecule has 0 heterocycles. The Balaban J connectivity index is 2.67. The Bertz CT molecular complexity index is 603. The quantitative estimate of drug-likeness (QED) is 0.902. The fourth-order valence-electron chi connectivity index (χ4n) is 2.03. The maximum atomic E-state index is 11.5. The van der Waals surface area contributed by atoms with E-state index in [1.54, 1.807) is 26.0 Å². The number of carbonyl (C=O) groups is 1. The third-order valence-electron chi connectivity index (χ3n) is 3.27. The molecular weight excluding hydrogens is 260 g/mol. The van der Waals surface area contributed by atoms with E-state index in [4.69, 9.17) is 11.6 Å². The van der Waals surface area contributed by atoms with Crippen LogP contribution in [0.15, 0.2) is 48.5 Å². The lowest BCUT2D eigenvalue weighted by Gasteiger charge is -2.23. The van der Waals surface area contributed by atoms with Crippen molar-refractivity contribution < 1.29 is 9.90 Å². The molecule has 3 heteroatoms. The molecule has 0 aliphatic carbocycles. The van der Waals surface area contributed by atoms with E-state index in [0.29, 0.717) is 5.02 Å². The number of hydrogen-bond acceptors (Lipinski definition) is 1. The SMILES string of the molecule is CC(C)(C(=O)O)c1ccc(Cl)cc1-c1ccccc1. The van der Waals surface area contributed by atoms with Crippen LogP contribution in [0.5, 0.6) is 0 Å². The van der Waals surface area contributed by atoms with Crippen LogP contribution >= 0.6 is 11.6 Å². The first-order valence-corrected chi connectivity index (χ1v) is 6.39. The maximum Gasteiger partial charge on any atom is 0.313 e. The Hall–Kier alpha value is -1.80. The molecule has 0 bridgehead atoms. The number of hydrogen-bond donors (Lipinski definition) is 1. The predicted molar refractivity (Wildman–Crippen MR) is 77.5 cm³/mol. The van der Waals surface area contributed by atoms with E-state index in [1.165, 1.54) is 0 Å². The molecule has 2 aromatic rings. The van der Waals surface area contributed by atoms with Gasteiger partial charge in [-0.15, -0.1) is 0 Å². The zero-order chi connectivity index (χ0) is 14.0. The first-order chi connectivity index (χ1) is 8.93. The van der Waals surface area contributed by atoms with Crippen LogP contribution in [0.25, 0.3) is 11.1 Å². The van der Waals surface area contributed by atoms with E-state index in [2.05, 4.69) is 0 Å². The van der Waals surface area contributed by atoms with Crippen molar-refractivity contribution in [3.8, 4) is 11.1 Å². The normalized spacial score (nSPS) is 11.3. The van der Waals surface area contributed by atoms with Gasteiger partial charge in [0.15, 0.2) is 0 Å². The lowest BCUT2D eigenvalue weighted by atomic mass is 9.80. The third-order valence-corrected chi connectivity index (χ3v) is 3.51. The van der Waals surface area contributed by atoms with Crippen LogP contribution in [0.4, 0.5) is 0 Å². The number of aliphatic carboxylic acids is 1. The molecule has 19 heavy (non-hydrogen) atoms. The van der Waals surface area contributed by atoms with E-state index in [-0.39, 0.29) is 0 Å². The average Bonchev–Trinajstić information content (AvgIpc) is 2.39. The average molecular weight is 275 g/mol. The van der Waals surface area contributed by atoms with E-state index >= 15 is 0 Å². The highest BCUT2D eigenvalue weighted by molar-refractivity contribution is 6.31. The van der Waals surface area contributed by atoms with Gasteiger partial charge in [-0.2, -0.15) is 0 Å². The molecule has 0 aliphatic rings.